The van der Waals surface area contributed by atoms with Crippen molar-refractivity contribution in [2.24, 2.45) is 5.92 Å². The summed E-state index contributed by atoms with van der Waals surface area (Å²) in [5.41, 5.74) is 7.22. The zero-order chi connectivity index (χ0) is 26.8. The summed E-state index contributed by atoms with van der Waals surface area (Å²) >= 11 is 0. The number of fused-ring (bicyclic) bond motifs is 1. The van der Waals surface area contributed by atoms with Gasteiger partial charge in [-0.05, 0) is 68.1 Å². The molecule has 1 N–H and O–H groups in total. The molecule has 202 valence electrons. The lowest BCUT2D eigenvalue weighted by atomic mass is 9.84. The van der Waals surface area contributed by atoms with Crippen molar-refractivity contribution in [2.75, 3.05) is 32.8 Å². The lowest BCUT2D eigenvalue weighted by molar-refractivity contribution is -0.140. The number of hydrogen-bond donors (Lipinski definition) is 1. The van der Waals surface area contributed by atoms with Crippen LogP contribution in [0.2, 0.25) is 0 Å². The topological polar surface area (TPSA) is 87.2 Å². The average Bonchev–Trinajstić information content (AvgIpc) is 3.31. The standard InChI is InChI=1S/C31H36N6O2/c1-3-39-29-19-33-21(2)15-26(29)24-7-8-27-28(17-24)35-30(34-27)18-25-16-22(9-10-32-25)20-36-11-13-37(14-12-36)31(38)23-5-4-6-23/h7-10,15-17,19,23H,3-6,11-14,18,20H2,1-2H3,(H,34,35). The molecule has 8 nitrogen and oxygen atoms in total. The van der Waals surface area contributed by atoms with Gasteiger partial charge in [0.25, 0.3) is 0 Å². The number of carbonyl (C=O) groups is 1. The van der Waals surface area contributed by atoms with Gasteiger partial charge in [0.15, 0.2) is 0 Å². The number of aryl methyl sites for hydroxylation is 1. The van der Waals surface area contributed by atoms with E-state index in [4.69, 9.17) is 9.72 Å². The highest BCUT2D eigenvalue weighted by Crippen LogP contribution is 2.32. The van der Waals surface area contributed by atoms with E-state index in [0.717, 1.165) is 90.7 Å². The second kappa shape index (κ2) is 11.1. The minimum absolute atomic E-state index is 0.288. The van der Waals surface area contributed by atoms with Gasteiger partial charge in [0.2, 0.25) is 5.91 Å². The number of hydrogen-bond acceptors (Lipinski definition) is 6. The molecule has 0 spiro atoms. The number of amides is 1. The van der Waals surface area contributed by atoms with Gasteiger partial charge in [-0.3, -0.25) is 19.7 Å². The zero-order valence-corrected chi connectivity index (χ0v) is 22.8. The summed E-state index contributed by atoms with van der Waals surface area (Å²) in [6.45, 7) is 8.95. The van der Waals surface area contributed by atoms with Crippen LogP contribution >= 0.6 is 0 Å². The first-order chi connectivity index (χ1) is 19.1. The fraction of sp³-hybridized carbons (Fsp3) is 0.419. The molecule has 2 fully saturated rings. The van der Waals surface area contributed by atoms with E-state index in [0.29, 0.717) is 18.9 Å². The van der Waals surface area contributed by atoms with Gasteiger partial charge in [0.05, 0.1) is 23.8 Å². The summed E-state index contributed by atoms with van der Waals surface area (Å²) < 4.78 is 5.82. The number of aromatic nitrogens is 4. The molecule has 2 aliphatic rings. The number of H-pyrrole nitrogens is 1. The quantitative estimate of drug-likeness (QED) is 0.358. The Hall–Kier alpha value is -3.78. The number of imidazole rings is 1. The third-order valence-corrected chi connectivity index (χ3v) is 7.92. The van der Waals surface area contributed by atoms with Gasteiger partial charge in [-0.25, -0.2) is 4.98 Å². The summed E-state index contributed by atoms with van der Waals surface area (Å²) in [6.07, 6.45) is 7.68. The molecule has 0 atom stereocenters. The van der Waals surface area contributed by atoms with Crippen molar-refractivity contribution >= 4 is 16.9 Å². The van der Waals surface area contributed by atoms with Crippen LogP contribution in [0.5, 0.6) is 5.75 Å². The SMILES string of the molecule is CCOc1cnc(C)cc1-c1ccc2nc(Cc3cc(CN4CCN(C(=O)C5CCC5)CC4)ccn3)[nH]c2c1. The van der Waals surface area contributed by atoms with Gasteiger partial charge >= 0.3 is 0 Å². The number of nitrogens with zero attached hydrogens (tertiary/aromatic N) is 5. The van der Waals surface area contributed by atoms with Gasteiger partial charge in [0, 0.05) is 68.2 Å². The first-order valence-electron chi connectivity index (χ1n) is 14.1. The molecule has 0 unspecified atom stereocenters. The van der Waals surface area contributed by atoms with Crippen LogP contribution in [0, 0.1) is 12.8 Å². The molecule has 0 bridgehead atoms. The molecule has 6 rings (SSSR count). The second-order valence-corrected chi connectivity index (χ2v) is 10.7. The summed E-state index contributed by atoms with van der Waals surface area (Å²) in [5, 5.41) is 0. The monoisotopic (exact) mass is 524 g/mol. The number of carbonyl (C=O) groups excluding carboxylic acids is 1. The average molecular weight is 525 g/mol. The predicted octanol–water partition coefficient (Wildman–Crippen LogP) is 4.76. The van der Waals surface area contributed by atoms with E-state index in [1.54, 1.807) is 6.20 Å². The molecule has 1 amide bonds. The largest absolute Gasteiger partial charge is 0.492 e. The van der Waals surface area contributed by atoms with Crippen LogP contribution in [0.25, 0.3) is 22.2 Å². The molecule has 39 heavy (non-hydrogen) atoms. The van der Waals surface area contributed by atoms with Crippen LogP contribution in [0.1, 0.15) is 49.0 Å². The second-order valence-electron chi connectivity index (χ2n) is 10.7. The van der Waals surface area contributed by atoms with E-state index in [1.165, 1.54) is 12.0 Å². The smallest absolute Gasteiger partial charge is 0.225 e. The van der Waals surface area contributed by atoms with Crippen LogP contribution in [0.4, 0.5) is 0 Å². The van der Waals surface area contributed by atoms with Gasteiger partial charge in [-0.2, -0.15) is 0 Å². The fourth-order valence-corrected chi connectivity index (χ4v) is 5.55. The first-order valence-corrected chi connectivity index (χ1v) is 14.1. The number of nitrogens with one attached hydrogen (secondary N) is 1. The highest BCUT2D eigenvalue weighted by atomic mass is 16.5. The Morgan fingerprint density at radius 2 is 1.92 bits per heavy atom. The van der Waals surface area contributed by atoms with Crippen molar-refractivity contribution in [3.8, 4) is 16.9 Å². The van der Waals surface area contributed by atoms with E-state index >= 15 is 0 Å². The van der Waals surface area contributed by atoms with Gasteiger partial charge < -0.3 is 14.6 Å². The van der Waals surface area contributed by atoms with Crippen molar-refractivity contribution in [2.45, 2.75) is 46.1 Å². The van der Waals surface area contributed by atoms with Crippen LogP contribution in [-0.2, 0) is 17.8 Å². The van der Waals surface area contributed by atoms with E-state index < -0.39 is 0 Å². The molecular formula is C31H36N6O2. The van der Waals surface area contributed by atoms with Crippen LogP contribution in [0.15, 0.2) is 48.8 Å². The highest BCUT2D eigenvalue weighted by Gasteiger charge is 2.31. The molecule has 0 radical (unpaired) electrons. The molecule has 4 heterocycles. The predicted molar refractivity (Wildman–Crippen MR) is 151 cm³/mol. The Bertz CT molecular complexity index is 1470. The van der Waals surface area contributed by atoms with E-state index in [-0.39, 0.29) is 5.92 Å². The Balaban J connectivity index is 1.12. The normalized spacial score (nSPS) is 16.4. The Kier molecular flexibility index (Phi) is 7.28. The molecule has 4 aromatic rings. The van der Waals surface area contributed by atoms with Crippen LogP contribution in [0.3, 0.4) is 0 Å². The number of piperazine rings is 1. The summed E-state index contributed by atoms with van der Waals surface area (Å²) in [5.74, 6) is 2.34. The van der Waals surface area contributed by atoms with Gasteiger partial charge in [-0.1, -0.05) is 12.5 Å². The van der Waals surface area contributed by atoms with Crippen molar-refractivity contribution in [3.05, 3.63) is 71.6 Å². The van der Waals surface area contributed by atoms with Crippen LogP contribution in [-0.4, -0.2) is 68.4 Å². The van der Waals surface area contributed by atoms with E-state index in [9.17, 15) is 4.79 Å². The molecule has 1 aliphatic heterocycles. The molecule has 1 aromatic carbocycles. The summed E-state index contributed by atoms with van der Waals surface area (Å²) in [7, 11) is 0. The minimum Gasteiger partial charge on any atom is -0.492 e. The third kappa shape index (κ3) is 5.66. The van der Waals surface area contributed by atoms with E-state index in [2.05, 4.69) is 61.1 Å². The Morgan fingerprint density at radius 3 is 2.69 bits per heavy atom. The van der Waals surface area contributed by atoms with Crippen molar-refractivity contribution < 1.29 is 9.53 Å². The van der Waals surface area contributed by atoms with Gasteiger partial charge in [0.1, 0.15) is 11.6 Å². The minimum atomic E-state index is 0.288. The van der Waals surface area contributed by atoms with Crippen LogP contribution < -0.4 is 4.74 Å². The van der Waals surface area contributed by atoms with Crippen molar-refractivity contribution in [1.82, 2.24) is 29.7 Å². The maximum Gasteiger partial charge on any atom is 0.225 e. The Labute approximate surface area is 229 Å². The molecule has 1 saturated carbocycles. The van der Waals surface area contributed by atoms with Crippen molar-refractivity contribution in [3.63, 3.8) is 0 Å². The first kappa shape index (κ1) is 25.5. The molecule has 8 heteroatoms. The van der Waals surface area contributed by atoms with Crippen molar-refractivity contribution in [1.29, 1.82) is 0 Å². The lowest BCUT2D eigenvalue weighted by Gasteiger charge is -2.38. The fourth-order valence-electron chi connectivity index (χ4n) is 5.55. The molecule has 3 aromatic heterocycles. The summed E-state index contributed by atoms with van der Waals surface area (Å²) in [4.78, 5) is 34.4. The number of aromatic amines is 1. The highest BCUT2D eigenvalue weighted by molar-refractivity contribution is 5.83. The number of benzene rings is 1. The maximum atomic E-state index is 12.6. The lowest BCUT2D eigenvalue weighted by Crippen LogP contribution is -2.50. The molecule has 1 aliphatic carbocycles. The third-order valence-electron chi connectivity index (χ3n) is 7.92. The number of ether oxygens (including phenoxy) is 1. The Morgan fingerprint density at radius 1 is 1.08 bits per heavy atom. The van der Waals surface area contributed by atoms with E-state index in [1.807, 2.05) is 20.0 Å². The number of pyridine rings is 2. The van der Waals surface area contributed by atoms with Gasteiger partial charge in [-0.15, -0.1) is 0 Å². The molecule has 1 saturated heterocycles. The maximum absolute atomic E-state index is 12.6. The zero-order valence-electron chi connectivity index (χ0n) is 22.8. The summed E-state index contributed by atoms with van der Waals surface area (Å²) in [6, 6.07) is 12.6. The number of rotatable bonds is 8. The molecular weight excluding hydrogens is 488 g/mol.